The van der Waals surface area contributed by atoms with Gasteiger partial charge in [0.1, 0.15) is 11.5 Å². The molecule has 0 aliphatic carbocycles. The van der Waals surface area contributed by atoms with Gasteiger partial charge in [-0.2, -0.15) is 0 Å². The third-order valence-electron chi connectivity index (χ3n) is 2.20. The number of carbonyl (C=O) groups excluding carboxylic acids is 2. The summed E-state index contributed by atoms with van der Waals surface area (Å²) in [6.45, 7) is -0.431. The molecule has 1 amide bonds. The number of nitrogens with zero attached hydrogens (tertiary/aromatic N) is 1. The van der Waals surface area contributed by atoms with Gasteiger partial charge in [0.2, 0.25) is 0 Å². The van der Waals surface area contributed by atoms with Gasteiger partial charge in [0.25, 0.3) is 5.91 Å². The maximum Gasteiger partial charge on any atom is 0.355 e. The van der Waals surface area contributed by atoms with Crippen molar-refractivity contribution in [2.24, 2.45) is 0 Å². The van der Waals surface area contributed by atoms with Crippen molar-refractivity contribution in [1.29, 1.82) is 0 Å². The van der Waals surface area contributed by atoms with Gasteiger partial charge in [-0.3, -0.25) is 4.79 Å². The average Bonchev–Trinajstić information content (AvgIpc) is 2.85. The van der Waals surface area contributed by atoms with Crippen LogP contribution in [0.15, 0.2) is 30.6 Å². The van der Waals surface area contributed by atoms with Crippen LogP contribution in [0.25, 0.3) is 0 Å². The van der Waals surface area contributed by atoms with E-state index < -0.39 is 18.5 Å². The van der Waals surface area contributed by atoms with Crippen LogP contribution in [0.3, 0.4) is 0 Å². The lowest BCUT2D eigenvalue weighted by Gasteiger charge is -2.05. The summed E-state index contributed by atoms with van der Waals surface area (Å²) in [6.07, 6.45) is 2.83. The second kappa shape index (κ2) is 6.40. The second-order valence-corrected chi connectivity index (χ2v) is 4.59. The average molecular weight is 314 g/mol. The molecule has 2 rings (SSSR count). The lowest BCUT2D eigenvalue weighted by atomic mass is 10.4. The number of pyridine rings is 1. The zero-order valence-corrected chi connectivity index (χ0v) is 11.5. The Labute approximate surface area is 124 Å². The quantitative estimate of drug-likeness (QED) is 0.849. The van der Waals surface area contributed by atoms with Crippen LogP contribution in [-0.4, -0.2) is 28.5 Å². The highest BCUT2D eigenvalue weighted by Crippen LogP contribution is 2.11. The number of halogens is 2. The molecule has 8 heteroatoms. The first-order valence-corrected chi connectivity index (χ1v) is 6.22. The van der Waals surface area contributed by atoms with Gasteiger partial charge in [0, 0.05) is 12.4 Å². The van der Waals surface area contributed by atoms with E-state index >= 15 is 0 Å². The highest BCUT2D eigenvalue weighted by atomic mass is 35.5. The Hall–Kier alpha value is -2.05. The molecule has 0 fully saturated rings. The minimum absolute atomic E-state index is 0.174. The van der Waals surface area contributed by atoms with Crippen molar-refractivity contribution in [3.63, 3.8) is 0 Å². The highest BCUT2D eigenvalue weighted by Gasteiger charge is 2.12. The van der Waals surface area contributed by atoms with E-state index in [1.807, 2.05) is 0 Å². The first-order valence-electron chi connectivity index (χ1n) is 5.47. The summed E-state index contributed by atoms with van der Waals surface area (Å²) < 4.78 is 4.80. The number of hydrogen-bond donors (Lipinski definition) is 2. The molecule has 0 aliphatic heterocycles. The molecule has 2 aromatic heterocycles. The van der Waals surface area contributed by atoms with Crippen molar-refractivity contribution in [2.75, 3.05) is 11.9 Å². The van der Waals surface area contributed by atoms with Gasteiger partial charge in [-0.25, -0.2) is 9.78 Å². The normalized spacial score (nSPS) is 10.1. The number of aromatic amines is 1. The van der Waals surface area contributed by atoms with Crippen molar-refractivity contribution in [3.8, 4) is 0 Å². The van der Waals surface area contributed by atoms with Gasteiger partial charge in [-0.1, -0.05) is 23.2 Å². The highest BCUT2D eigenvalue weighted by molar-refractivity contribution is 6.31. The summed E-state index contributed by atoms with van der Waals surface area (Å²) in [5.41, 5.74) is 0.174. The summed E-state index contributed by atoms with van der Waals surface area (Å²) in [5.74, 6) is -0.861. The Bertz CT molecular complexity index is 625. The fraction of sp³-hybridized carbons (Fsp3) is 0.0833. The van der Waals surface area contributed by atoms with E-state index in [0.717, 1.165) is 0 Å². The number of nitrogens with one attached hydrogen (secondary N) is 2. The summed E-state index contributed by atoms with van der Waals surface area (Å²) in [5, 5.41) is 3.30. The Morgan fingerprint density at radius 3 is 2.70 bits per heavy atom. The van der Waals surface area contributed by atoms with Crippen LogP contribution >= 0.6 is 23.2 Å². The molecule has 0 saturated heterocycles. The number of aromatic nitrogens is 2. The maximum atomic E-state index is 11.5. The molecule has 6 nitrogen and oxygen atoms in total. The largest absolute Gasteiger partial charge is 0.451 e. The lowest BCUT2D eigenvalue weighted by molar-refractivity contribution is -0.119. The van der Waals surface area contributed by atoms with Gasteiger partial charge in [0.15, 0.2) is 6.61 Å². The Balaban J connectivity index is 1.83. The molecule has 0 aliphatic rings. The number of rotatable bonds is 4. The first kappa shape index (κ1) is 14.4. The van der Waals surface area contributed by atoms with Crippen molar-refractivity contribution in [1.82, 2.24) is 9.97 Å². The minimum atomic E-state index is -0.670. The summed E-state index contributed by atoms with van der Waals surface area (Å²) in [7, 11) is 0. The van der Waals surface area contributed by atoms with E-state index in [-0.39, 0.29) is 5.69 Å². The van der Waals surface area contributed by atoms with Gasteiger partial charge in [0.05, 0.1) is 10.0 Å². The molecule has 20 heavy (non-hydrogen) atoms. The molecule has 0 radical (unpaired) electrons. The fourth-order valence-corrected chi connectivity index (χ4v) is 1.60. The van der Waals surface area contributed by atoms with Crippen LogP contribution < -0.4 is 5.32 Å². The molecule has 2 N–H and O–H groups in total. The molecule has 0 bridgehead atoms. The molecule has 104 valence electrons. The van der Waals surface area contributed by atoms with Gasteiger partial charge >= 0.3 is 5.97 Å². The van der Waals surface area contributed by atoms with Crippen molar-refractivity contribution >= 4 is 40.9 Å². The Kier molecular flexibility index (Phi) is 4.60. The molecule has 2 aromatic rings. The van der Waals surface area contributed by atoms with Crippen LogP contribution in [0.4, 0.5) is 5.82 Å². The molecular weight excluding hydrogens is 305 g/mol. The van der Waals surface area contributed by atoms with E-state index in [4.69, 9.17) is 27.9 Å². The van der Waals surface area contributed by atoms with Crippen molar-refractivity contribution in [3.05, 3.63) is 46.3 Å². The predicted molar refractivity (Wildman–Crippen MR) is 74.0 cm³/mol. The zero-order valence-electron chi connectivity index (χ0n) is 10.0. The SMILES string of the molecule is O=C(COC(=O)c1cc(Cl)c[nH]1)Nc1ccc(Cl)cn1. The number of H-pyrrole nitrogens is 1. The molecule has 2 heterocycles. The zero-order chi connectivity index (χ0) is 14.5. The predicted octanol–water partition coefficient (Wildman–Crippen LogP) is 2.51. The number of ether oxygens (including phenoxy) is 1. The third-order valence-corrected chi connectivity index (χ3v) is 2.64. The smallest absolute Gasteiger partial charge is 0.355 e. The monoisotopic (exact) mass is 313 g/mol. The first-order chi connectivity index (χ1) is 9.54. The minimum Gasteiger partial charge on any atom is -0.451 e. The van der Waals surface area contributed by atoms with E-state index in [1.165, 1.54) is 24.5 Å². The molecule has 0 spiro atoms. The van der Waals surface area contributed by atoms with Crippen LogP contribution in [0, 0.1) is 0 Å². The number of hydrogen-bond acceptors (Lipinski definition) is 4. The standard InChI is InChI=1S/C12H9Cl2N3O3/c13-7-1-2-10(16-4-7)17-11(18)6-20-12(19)9-3-8(14)5-15-9/h1-5,15H,6H2,(H,16,17,18). The number of anilines is 1. The second-order valence-electron chi connectivity index (χ2n) is 3.72. The van der Waals surface area contributed by atoms with E-state index in [1.54, 1.807) is 6.07 Å². The molecule has 0 aromatic carbocycles. The summed E-state index contributed by atoms with van der Waals surface area (Å²) in [4.78, 5) is 29.6. The number of esters is 1. The third kappa shape index (κ3) is 3.97. The number of amides is 1. The molecule has 0 atom stereocenters. The van der Waals surface area contributed by atoms with Crippen molar-refractivity contribution in [2.45, 2.75) is 0 Å². The molecule has 0 unspecified atom stereocenters. The Morgan fingerprint density at radius 1 is 1.30 bits per heavy atom. The van der Waals surface area contributed by atoms with E-state index in [2.05, 4.69) is 15.3 Å². The topological polar surface area (TPSA) is 84.1 Å². The maximum absolute atomic E-state index is 11.5. The van der Waals surface area contributed by atoms with E-state index in [9.17, 15) is 9.59 Å². The Morgan fingerprint density at radius 2 is 2.10 bits per heavy atom. The van der Waals surface area contributed by atoms with Gasteiger partial charge < -0.3 is 15.0 Å². The van der Waals surface area contributed by atoms with Crippen LogP contribution in [0.2, 0.25) is 10.0 Å². The summed E-state index contributed by atoms with van der Waals surface area (Å²) in [6, 6.07) is 4.52. The van der Waals surface area contributed by atoms with E-state index in [0.29, 0.717) is 15.9 Å². The van der Waals surface area contributed by atoms with Gasteiger partial charge in [-0.15, -0.1) is 0 Å². The van der Waals surface area contributed by atoms with Crippen LogP contribution in [0.5, 0.6) is 0 Å². The van der Waals surface area contributed by atoms with Crippen LogP contribution in [0.1, 0.15) is 10.5 Å². The van der Waals surface area contributed by atoms with Crippen LogP contribution in [-0.2, 0) is 9.53 Å². The number of carbonyl (C=O) groups is 2. The van der Waals surface area contributed by atoms with Crippen molar-refractivity contribution < 1.29 is 14.3 Å². The molecular formula is C12H9Cl2N3O3. The van der Waals surface area contributed by atoms with Gasteiger partial charge in [-0.05, 0) is 18.2 Å². The molecule has 0 saturated carbocycles. The lowest BCUT2D eigenvalue weighted by Crippen LogP contribution is -2.21. The summed E-state index contributed by atoms with van der Waals surface area (Å²) >= 11 is 11.3. The fourth-order valence-electron chi connectivity index (χ4n) is 1.32.